The van der Waals surface area contributed by atoms with Crippen molar-refractivity contribution in [2.75, 3.05) is 11.9 Å². The molecule has 0 radical (unpaired) electrons. The second kappa shape index (κ2) is 8.40. The predicted molar refractivity (Wildman–Crippen MR) is 123 cm³/mol. The van der Waals surface area contributed by atoms with Crippen LogP contribution in [0.4, 0.5) is 5.82 Å². The minimum atomic E-state index is -0.288. The molecule has 0 aliphatic rings. The number of carbonyl (C=O) groups is 1. The molecule has 31 heavy (non-hydrogen) atoms. The number of carbonyl (C=O) groups excluding carboxylic acids is 1. The van der Waals surface area contributed by atoms with E-state index in [1.54, 1.807) is 10.7 Å². The molecule has 2 aromatic heterocycles. The number of ether oxygens (including phenoxy) is 1. The van der Waals surface area contributed by atoms with E-state index in [9.17, 15) is 4.79 Å². The number of benzene rings is 2. The molecule has 0 spiro atoms. The minimum absolute atomic E-state index is 0.130. The van der Waals surface area contributed by atoms with E-state index in [4.69, 9.17) is 21.3 Å². The first-order valence-electron chi connectivity index (χ1n) is 9.94. The third-order valence-electron chi connectivity index (χ3n) is 5.01. The molecule has 7 heteroatoms. The highest BCUT2D eigenvalue weighted by Gasteiger charge is 2.14. The fourth-order valence-corrected chi connectivity index (χ4v) is 3.63. The summed E-state index contributed by atoms with van der Waals surface area (Å²) in [6, 6.07) is 15.3. The summed E-state index contributed by atoms with van der Waals surface area (Å²) in [6.07, 6.45) is 0. The van der Waals surface area contributed by atoms with Gasteiger partial charge in [-0.15, -0.1) is 0 Å². The van der Waals surface area contributed by atoms with Crippen LogP contribution in [0.25, 0.3) is 16.7 Å². The molecule has 1 N–H and O–H groups in total. The van der Waals surface area contributed by atoms with E-state index in [-0.39, 0.29) is 12.5 Å². The Hall–Kier alpha value is -3.38. The van der Waals surface area contributed by atoms with Gasteiger partial charge in [-0.3, -0.25) is 4.79 Å². The smallest absolute Gasteiger partial charge is 0.263 e. The van der Waals surface area contributed by atoms with Crippen molar-refractivity contribution < 1.29 is 9.53 Å². The normalized spacial score (nSPS) is 11.0. The van der Waals surface area contributed by atoms with E-state index in [0.717, 1.165) is 33.3 Å². The van der Waals surface area contributed by atoms with Gasteiger partial charge < -0.3 is 10.1 Å². The van der Waals surface area contributed by atoms with Gasteiger partial charge in [-0.1, -0.05) is 29.8 Å². The number of nitrogens with one attached hydrogen (secondary N) is 1. The Morgan fingerprint density at radius 1 is 1.03 bits per heavy atom. The van der Waals surface area contributed by atoms with Crippen molar-refractivity contribution in [1.82, 2.24) is 14.8 Å². The quantitative estimate of drug-likeness (QED) is 0.461. The average Bonchev–Trinajstić information content (AvgIpc) is 3.10. The van der Waals surface area contributed by atoms with Crippen LogP contribution in [0.2, 0.25) is 5.02 Å². The Labute approximate surface area is 185 Å². The van der Waals surface area contributed by atoms with Crippen molar-refractivity contribution >= 4 is 34.2 Å². The Bertz CT molecular complexity index is 1270. The third kappa shape index (κ3) is 4.39. The Morgan fingerprint density at radius 3 is 2.48 bits per heavy atom. The number of hydrogen-bond acceptors (Lipinski definition) is 4. The molecular formula is C24H23ClN4O2. The van der Waals surface area contributed by atoms with Crippen molar-refractivity contribution in [2.45, 2.75) is 27.7 Å². The van der Waals surface area contributed by atoms with Crippen molar-refractivity contribution in [1.29, 1.82) is 0 Å². The van der Waals surface area contributed by atoms with Crippen LogP contribution in [0.15, 0.2) is 48.5 Å². The Balaban J connectivity index is 1.55. The second-order valence-electron chi connectivity index (χ2n) is 7.61. The molecule has 158 valence electrons. The van der Waals surface area contributed by atoms with Gasteiger partial charge in [-0.05, 0) is 68.7 Å². The zero-order valence-electron chi connectivity index (χ0n) is 17.9. The number of aryl methyl sites for hydroxylation is 4. The number of aromatic nitrogens is 3. The number of hydrogen-bond donors (Lipinski definition) is 1. The molecule has 0 aliphatic heterocycles. The van der Waals surface area contributed by atoms with Crippen LogP contribution in [0.1, 0.15) is 22.4 Å². The van der Waals surface area contributed by atoms with E-state index in [1.165, 1.54) is 0 Å². The number of para-hydroxylation sites is 1. The fourth-order valence-electron chi connectivity index (χ4n) is 3.52. The summed E-state index contributed by atoms with van der Waals surface area (Å²) >= 11 is 6.19. The summed E-state index contributed by atoms with van der Waals surface area (Å²) in [5.74, 6) is 1.50. The maximum atomic E-state index is 12.6. The van der Waals surface area contributed by atoms with Gasteiger partial charge in [-0.2, -0.15) is 9.78 Å². The second-order valence-corrected chi connectivity index (χ2v) is 7.98. The van der Waals surface area contributed by atoms with Gasteiger partial charge in [0.2, 0.25) is 0 Å². The monoisotopic (exact) mass is 434 g/mol. The molecule has 2 aromatic carbocycles. The van der Waals surface area contributed by atoms with E-state index in [2.05, 4.69) is 10.4 Å². The molecule has 6 nitrogen and oxygen atoms in total. The van der Waals surface area contributed by atoms with Crippen molar-refractivity contribution in [2.24, 2.45) is 0 Å². The number of halogens is 1. The molecule has 0 unspecified atom stereocenters. The van der Waals surface area contributed by atoms with Gasteiger partial charge in [0.05, 0.1) is 11.2 Å². The molecule has 1 amide bonds. The van der Waals surface area contributed by atoms with Gasteiger partial charge in [0.25, 0.3) is 5.91 Å². The van der Waals surface area contributed by atoms with Crippen molar-refractivity contribution in [3.8, 4) is 11.6 Å². The highest BCUT2D eigenvalue weighted by atomic mass is 35.5. The van der Waals surface area contributed by atoms with E-state index in [0.29, 0.717) is 22.4 Å². The van der Waals surface area contributed by atoms with E-state index < -0.39 is 0 Å². The highest BCUT2D eigenvalue weighted by molar-refractivity contribution is 6.32. The Kier molecular flexibility index (Phi) is 5.65. The summed E-state index contributed by atoms with van der Waals surface area (Å²) in [7, 11) is 0. The maximum Gasteiger partial charge on any atom is 0.263 e. The molecule has 0 aliphatic carbocycles. The summed E-state index contributed by atoms with van der Waals surface area (Å²) in [5.41, 5.74) is 4.54. The minimum Gasteiger partial charge on any atom is -0.484 e. The van der Waals surface area contributed by atoms with Crippen LogP contribution in [-0.4, -0.2) is 27.3 Å². The molecular weight excluding hydrogens is 412 g/mol. The van der Waals surface area contributed by atoms with Crippen LogP contribution in [0, 0.1) is 27.7 Å². The first kappa shape index (κ1) is 20.9. The molecule has 4 aromatic rings. The number of amides is 1. The van der Waals surface area contributed by atoms with Gasteiger partial charge in [0.15, 0.2) is 12.4 Å². The maximum absolute atomic E-state index is 12.6. The predicted octanol–water partition coefficient (Wildman–Crippen LogP) is 5.33. The topological polar surface area (TPSA) is 69.0 Å². The van der Waals surface area contributed by atoms with Gasteiger partial charge >= 0.3 is 0 Å². The van der Waals surface area contributed by atoms with Crippen LogP contribution in [0.5, 0.6) is 5.75 Å². The molecule has 4 rings (SSSR count). The van der Waals surface area contributed by atoms with Crippen LogP contribution in [0.3, 0.4) is 0 Å². The van der Waals surface area contributed by atoms with Crippen molar-refractivity contribution in [3.05, 3.63) is 75.9 Å². The third-order valence-corrected chi connectivity index (χ3v) is 5.60. The van der Waals surface area contributed by atoms with Gasteiger partial charge in [0.1, 0.15) is 11.6 Å². The first-order chi connectivity index (χ1) is 14.8. The molecule has 0 atom stereocenters. The Morgan fingerprint density at radius 2 is 1.74 bits per heavy atom. The number of rotatable bonds is 5. The lowest BCUT2D eigenvalue weighted by atomic mass is 10.1. The number of nitrogens with zero attached hydrogens (tertiary/aromatic N) is 3. The summed E-state index contributed by atoms with van der Waals surface area (Å²) < 4.78 is 7.31. The average molecular weight is 435 g/mol. The highest BCUT2D eigenvalue weighted by Crippen LogP contribution is 2.26. The molecule has 0 bridgehead atoms. The summed E-state index contributed by atoms with van der Waals surface area (Å²) in [5, 5.41) is 9.18. The zero-order chi connectivity index (χ0) is 22.1. The number of anilines is 1. The van der Waals surface area contributed by atoms with Crippen LogP contribution >= 0.6 is 11.6 Å². The lowest BCUT2D eigenvalue weighted by Crippen LogP contribution is -2.22. The van der Waals surface area contributed by atoms with E-state index >= 15 is 0 Å². The molecule has 0 fully saturated rings. The van der Waals surface area contributed by atoms with E-state index in [1.807, 2.05) is 70.2 Å². The SMILES string of the molecule is Cc1cc(NC(=O)COc2cc(C)c(Cl)c(C)c2)n(-c2cc(C)c3ccccc3n2)n1. The summed E-state index contributed by atoms with van der Waals surface area (Å²) in [6.45, 7) is 7.58. The first-order valence-corrected chi connectivity index (χ1v) is 10.3. The number of pyridine rings is 1. The van der Waals surface area contributed by atoms with Crippen LogP contribution in [-0.2, 0) is 4.79 Å². The molecule has 0 saturated heterocycles. The van der Waals surface area contributed by atoms with Gasteiger partial charge in [0, 0.05) is 16.5 Å². The standard InChI is InChI=1S/C24H23ClN4O2/c1-14-11-21(26-20-8-6-5-7-19(14)20)29-22(12-17(4)28-29)27-23(30)13-31-18-9-15(2)24(25)16(3)10-18/h5-12H,13H2,1-4H3,(H,27,30). The lowest BCUT2D eigenvalue weighted by molar-refractivity contribution is -0.118. The van der Waals surface area contributed by atoms with Crippen molar-refractivity contribution in [3.63, 3.8) is 0 Å². The van der Waals surface area contributed by atoms with Gasteiger partial charge in [-0.25, -0.2) is 4.98 Å². The number of fused-ring (bicyclic) bond motifs is 1. The molecule has 2 heterocycles. The van der Waals surface area contributed by atoms with Crippen LogP contribution < -0.4 is 10.1 Å². The zero-order valence-corrected chi connectivity index (χ0v) is 18.6. The lowest BCUT2D eigenvalue weighted by Gasteiger charge is -2.12. The summed E-state index contributed by atoms with van der Waals surface area (Å²) in [4.78, 5) is 17.3. The fraction of sp³-hybridized carbons (Fsp3) is 0.208. The largest absolute Gasteiger partial charge is 0.484 e. The molecule has 0 saturated carbocycles.